The summed E-state index contributed by atoms with van der Waals surface area (Å²) in [5, 5.41) is 9.21. The van der Waals surface area contributed by atoms with Crippen molar-refractivity contribution in [2.45, 2.75) is 6.92 Å². The molecule has 1 aromatic carbocycles. The highest BCUT2D eigenvalue weighted by atomic mass is 16.5. The first-order valence-corrected chi connectivity index (χ1v) is 6.84. The zero-order valence-corrected chi connectivity index (χ0v) is 12.6. The second-order valence-electron chi connectivity index (χ2n) is 4.70. The van der Waals surface area contributed by atoms with Crippen LogP contribution in [0.2, 0.25) is 0 Å². The number of anilines is 1. The number of hydrogen-bond acceptors (Lipinski definition) is 6. The Balaban J connectivity index is 1.79. The SMILES string of the molecule is COc1cc(C)nc(NC(=O)c2nc(-c3ccccc3)n[nH]2)n1. The first kappa shape index (κ1) is 14.6. The average Bonchev–Trinajstić information content (AvgIpc) is 3.05. The van der Waals surface area contributed by atoms with Gasteiger partial charge in [-0.05, 0) is 6.92 Å². The van der Waals surface area contributed by atoms with Gasteiger partial charge in [-0.25, -0.2) is 9.97 Å². The molecule has 116 valence electrons. The number of aryl methyl sites for hydroxylation is 1. The van der Waals surface area contributed by atoms with Gasteiger partial charge in [-0.3, -0.25) is 15.2 Å². The topological polar surface area (TPSA) is 106 Å². The third-order valence-electron chi connectivity index (χ3n) is 3.00. The molecule has 0 aliphatic heterocycles. The van der Waals surface area contributed by atoms with Crippen molar-refractivity contribution in [3.63, 3.8) is 0 Å². The number of nitrogens with zero attached hydrogens (tertiary/aromatic N) is 4. The number of ether oxygens (including phenoxy) is 1. The van der Waals surface area contributed by atoms with E-state index in [9.17, 15) is 4.79 Å². The Labute approximate surface area is 132 Å². The Hall–Kier alpha value is -3.29. The van der Waals surface area contributed by atoms with Gasteiger partial charge < -0.3 is 4.74 Å². The lowest BCUT2D eigenvalue weighted by Gasteiger charge is -2.04. The largest absolute Gasteiger partial charge is 0.481 e. The summed E-state index contributed by atoms with van der Waals surface area (Å²) < 4.78 is 5.05. The van der Waals surface area contributed by atoms with E-state index >= 15 is 0 Å². The predicted molar refractivity (Wildman–Crippen MR) is 83.1 cm³/mol. The van der Waals surface area contributed by atoms with E-state index in [4.69, 9.17) is 4.74 Å². The van der Waals surface area contributed by atoms with Gasteiger partial charge in [0.2, 0.25) is 17.7 Å². The molecule has 0 saturated heterocycles. The van der Waals surface area contributed by atoms with Crippen LogP contribution in [0.25, 0.3) is 11.4 Å². The predicted octanol–water partition coefficient (Wildman–Crippen LogP) is 1.83. The van der Waals surface area contributed by atoms with Crippen molar-refractivity contribution in [2.24, 2.45) is 0 Å². The Bertz CT molecular complexity index is 831. The summed E-state index contributed by atoms with van der Waals surface area (Å²) in [7, 11) is 1.50. The van der Waals surface area contributed by atoms with Gasteiger partial charge in [-0.1, -0.05) is 30.3 Å². The average molecular weight is 310 g/mol. The van der Waals surface area contributed by atoms with E-state index in [1.165, 1.54) is 7.11 Å². The van der Waals surface area contributed by atoms with Crippen molar-refractivity contribution in [1.82, 2.24) is 25.1 Å². The maximum Gasteiger partial charge on any atom is 0.295 e. The molecule has 0 aliphatic rings. The van der Waals surface area contributed by atoms with Crippen LogP contribution in [0.1, 0.15) is 16.3 Å². The van der Waals surface area contributed by atoms with Crippen molar-refractivity contribution in [3.8, 4) is 17.3 Å². The normalized spacial score (nSPS) is 10.3. The molecular formula is C15H14N6O2. The highest BCUT2D eigenvalue weighted by Crippen LogP contribution is 2.14. The molecule has 0 saturated carbocycles. The van der Waals surface area contributed by atoms with E-state index in [-0.39, 0.29) is 11.8 Å². The van der Waals surface area contributed by atoms with Crippen molar-refractivity contribution in [2.75, 3.05) is 12.4 Å². The summed E-state index contributed by atoms with van der Waals surface area (Å²) in [5.74, 6) is 0.554. The van der Waals surface area contributed by atoms with Crippen molar-refractivity contribution in [1.29, 1.82) is 0 Å². The molecule has 2 N–H and O–H groups in total. The molecule has 23 heavy (non-hydrogen) atoms. The number of aromatic nitrogens is 5. The summed E-state index contributed by atoms with van der Waals surface area (Å²) in [6, 6.07) is 11.0. The highest BCUT2D eigenvalue weighted by Gasteiger charge is 2.15. The quantitative estimate of drug-likeness (QED) is 0.761. The van der Waals surface area contributed by atoms with Crippen LogP contribution in [-0.2, 0) is 0 Å². The Morgan fingerprint density at radius 3 is 2.70 bits per heavy atom. The molecular weight excluding hydrogens is 296 g/mol. The van der Waals surface area contributed by atoms with Crippen LogP contribution in [0.4, 0.5) is 5.95 Å². The number of hydrogen-bond donors (Lipinski definition) is 2. The number of nitrogens with one attached hydrogen (secondary N) is 2. The third-order valence-corrected chi connectivity index (χ3v) is 3.00. The van der Waals surface area contributed by atoms with Crippen LogP contribution in [0.5, 0.6) is 5.88 Å². The number of carbonyl (C=O) groups is 1. The van der Waals surface area contributed by atoms with E-state index in [0.717, 1.165) is 5.56 Å². The molecule has 0 bridgehead atoms. The van der Waals surface area contributed by atoms with Crippen LogP contribution in [0.15, 0.2) is 36.4 Å². The van der Waals surface area contributed by atoms with E-state index in [1.54, 1.807) is 13.0 Å². The third kappa shape index (κ3) is 3.31. The lowest BCUT2D eigenvalue weighted by atomic mass is 10.2. The minimum atomic E-state index is -0.479. The van der Waals surface area contributed by atoms with E-state index in [2.05, 4.69) is 30.5 Å². The molecule has 2 heterocycles. The van der Waals surface area contributed by atoms with Gasteiger partial charge in [0.1, 0.15) is 0 Å². The van der Waals surface area contributed by atoms with Crippen molar-refractivity contribution < 1.29 is 9.53 Å². The van der Waals surface area contributed by atoms with E-state index < -0.39 is 5.91 Å². The molecule has 0 spiro atoms. The van der Waals surface area contributed by atoms with Gasteiger partial charge >= 0.3 is 0 Å². The van der Waals surface area contributed by atoms with Crippen molar-refractivity contribution >= 4 is 11.9 Å². The molecule has 0 radical (unpaired) electrons. The molecule has 3 rings (SSSR count). The molecule has 0 fully saturated rings. The van der Waals surface area contributed by atoms with Crippen molar-refractivity contribution in [3.05, 3.63) is 47.9 Å². The molecule has 0 unspecified atom stereocenters. The van der Waals surface area contributed by atoms with Gasteiger partial charge in [0.25, 0.3) is 5.91 Å². The molecule has 0 aliphatic carbocycles. The maximum absolute atomic E-state index is 12.2. The monoisotopic (exact) mass is 310 g/mol. The smallest absolute Gasteiger partial charge is 0.295 e. The molecule has 2 aromatic heterocycles. The lowest BCUT2D eigenvalue weighted by molar-refractivity contribution is 0.101. The number of benzene rings is 1. The first-order chi connectivity index (χ1) is 11.2. The zero-order chi connectivity index (χ0) is 16.2. The summed E-state index contributed by atoms with van der Waals surface area (Å²) in [5.41, 5.74) is 1.49. The lowest BCUT2D eigenvalue weighted by Crippen LogP contribution is -2.16. The minimum absolute atomic E-state index is 0.0768. The second kappa shape index (κ2) is 6.22. The van der Waals surface area contributed by atoms with E-state index in [0.29, 0.717) is 17.4 Å². The van der Waals surface area contributed by atoms with Gasteiger partial charge in [-0.15, -0.1) is 0 Å². The van der Waals surface area contributed by atoms with Gasteiger partial charge in [-0.2, -0.15) is 10.1 Å². The molecule has 8 heteroatoms. The second-order valence-corrected chi connectivity index (χ2v) is 4.70. The van der Waals surface area contributed by atoms with Crippen LogP contribution >= 0.6 is 0 Å². The fourth-order valence-corrected chi connectivity index (χ4v) is 1.94. The molecule has 8 nitrogen and oxygen atoms in total. The number of carbonyl (C=O) groups excluding carboxylic acids is 1. The maximum atomic E-state index is 12.2. The standard InChI is InChI=1S/C15H14N6O2/c1-9-8-11(23-2)17-15(16-9)19-14(22)13-18-12(20-21-13)10-6-4-3-5-7-10/h3-8H,1-2H3,(H,18,20,21)(H,16,17,19,22). The van der Waals surface area contributed by atoms with Crippen LogP contribution < -0.4 is 10.1 Å². The summed E-state index contributed by atoms with van der Waals surface area (Å²) >= 11 is 0. The highest BCUT2D eigenvalue weighted by molar-refractivity contribution is 6.00. The Morgan fingerprint density at radius 2 is 1.96 bits per heavy atom. The molecule has 0 atom stereocenters. The van der Waals surface area contributed by atoms with Gasteiger partial charge in [0.05, 0.1) is 7.11 Å². The fraction of sp³-hybridized carbons (Fsp3) is 0.133. The van der Waals surface area contributed by atoms with Gasteiger partial charge in [0, 0.05) is 17.3 Å². The van der Waals surface area contributed by atoms with Gasteiger partial charge in [0.15, 0.2) is 5.82 Å². The summed E-state index contributed by atoms with van der Waals surface area (Å²) in [4.78, 5) is 24.6. The molecule has 3 aromatic rings. The number of rotatable bonds is 4. The van der Waals surface area contributed by atoms with E-state index in [1.807, 2.05) is 30.3 Å². The van der Waals surface area contributed by atoms with Crippen LogP contribution in [-0.4, -0.2) is 38.2 Å². The Kier molecular flexibility index (Phi) is 3.96. The summed E-state index contributed by atoms with van der Waals surface area (Å²) in [6.07, 6.45) is 0. The van der Waals surface area contributed by atoms with Crippen LogP contribution in [0.3, 0.4) is 0 Å². The summed E-state index contributed by atoms with van der Waals surface area (Å²) in [6.45, 7) is 1.78. The van der Waals surface area contributed by atoms with Crippen LogP contribution in [0, 0.1) is 6.92 Å². The Morgan fingerprint density at radius 1 is 1.17 bits per heavy atom. The molecule has 1 amide bonds. The number of amides is 1. The number of aromatic amines is 1. The number of methoxy groups -OCH3 is 1. The fourth-order valence-electron chi connectivity index (χ4n) is 1.94. The minimum Gasteiger partial charge on any atom is -0.481 e. The number of H-pyrrole nitrogens is 1. The zero-order valence-electron chi connectivity index (χ0n) is 12.6. The first-order valence-electron chi connectivity index (χ1n) is 6.84.